The van der Waals surface area contributed by atoms with Gasteiger partial charge in [-0.3, -0.25) is 20.2 Å². The van der Waals surface area contributed by atoms with Crippen LogP contribution in [0.3, 0.4) is 0 Å². The van der Waals surface area contributed by atoms with Crippen LogP contribution in [0.15, 0.2) is 6.07 Å². The van der Waals surface area contributed by atoms with Crippen molar-refractivity contribution in [2.45, 2.75) is 0 Å². The van der Waals surface area contributed by atoms with E-state index in [1.807, 2.05) is 0 Å². The molecule has 11 heteroatoms. The summed E-state index contributed by atoms with van der Waals surface area (Å²) in [6.07, 6.45) is 0. The van der Waals surface area contributed by atoms with Gasteiger partial charge in [0.25, 0.3) is 0 Å². The molecule has 1 aromatic carbocycles. The molecule has 0 spiro atoms. The molecule has 1 saturated heterocycles. The van der Waals surface area contributed by atoms with Gasteiger partial charge in [-0.1, -0.05) is 11.6 Å². The van der Waals surface area contributed by atoms with Gasteiger partial charge in [0.05, 0.1) is 23.1 Å². The van der Waals surface area contributed by atoms with Crippen LogP contribution in [0.25, 0.3) is 0 Å². The van der Waals surface area contributed by atoms with Crippen LogP contribution in [0.1, 0.15) is 0 Å². The Bertz CT molecular complexity index is 617. The molecule has 1 fully saturated rings. The number of nitro benzene ring substituents is 2. The van der Waals surface area contributed by atoms with Gasteiger partial charge < -0.3 is 14.6 Å². The molecule has 2 N–H and O–H groups in total. The molecular formula is C11H14ClN5O5. The summed E-state index contributed by atoms with van der Waals surface area (Å²) in [5, 5.41) is 23.6. The molecule has 1 heterocycles. The van der Waals surface area contributed by atoms with Crippen LogP contribution in [-0.4, -0.2) is 43.2 Å². The van der Waals surface area contributed by atoms with Crippen molar-refractivity contribution in [1.82, 2.24) is 0 Å². The highest BCUT2D eigenvalue weighted by atomic mass is 35.5. The Labute approximate surface area is 130 Å². The zero-order valence-corrected chi connectivity index (χ0v) is 12.4. The van der Waals surface area contributed by atoms with E-state index in [1.165, 1.54) is 11.9 Å². The van der Waals surface area contributed by atoms with Crippen molar-refractivity contribution in [2.75, 3.05) is 43.3 Å². The predicted molar refractivity (Wildman–Crippen MR) is 80.4 cm³/mol. The molecule has 1 aliphatic rings. The van der Waals surface area contributed by atoms with E-state index in [0.717, 1.165) is 11.1 Å². The monoisotopic (exact) mass is 331 g/mol. The molecule has 0 radical (unpaired) electrons. The number of hydrogen-bond acceptors (Lipinski definition) is 8. The summed E-state index contributed by atoms with van der Waals surface area (Å²) in [6, 6.07) is 1.13. The van der Waals surface area contributed by atoms with Crippen LogP contribution in [0.4, 0.5) is 22.7 Å². The van der Waals surface area contributed by atoms with Crippen LogP contribution in [0.2, 0.25) is 5.02 Å². The molecule has 1 aliphatic heterocycles. The lowest BCUT2D eigenvalue weighted by Crippen LogP contribution is -2.37. The molecule has 0 saturated carbocycles. The smallest absolute Gasteiger partial charge is 0.324 e. The number of hydrogen-bond donors (Lipinski definition) is 1. The molecule has 0 unspecified atom stereocenters. The maximum absolute atomic E-state index is 11.5. The highest BCUT2D eigenvalue weighted by Gasteiger charge is 2.37. The lowest BCUT2D eigenvalue weighted by atomic mass is 10.1. The Kier molecular flexibility index (Phi) is 4.64. The Morgan fingerprint density at radius 3 is 2.27 bits per heavy atom. The summed E-state index contributed by atoms with van der Waals surface area (Å²) in [5.74, 6) is 5.60. The minimum Gasteiger partial charge on any atom is -0.378 e. The van der Waals surface area contributed by atoms with E-state index in [-0.39, 0.29) is 29.5 Å². The van der Waals surface area contributed by atoms with Gasteiger partial charge >= 0.3 is 11.4 Å². The first-order valence-electron chi connectivity index (χ1n) is 6.31. The van der Waals surface area contributed by atoms with E-state index in [2.05, 4.69) is 0 Å². The van der Waals surface area contributed by atoms with E-state index in [9.17, 15) is 20.2 Å². The fraction of sp³-hybridized carbons (Fsp3) is 0.455. The SMILES string of the molecule is CN(N)c1cc(Cl)c([N+](=O)[O-])c(N2CCOCC2)c1[N+](=O)[O-]. The van der Waals surface area contributed by atoms with Gasteiger partial charge in [-0.2, -0.15) is 0 Å². The van der Waals surface area contributed by atoms with Crippen molar-refractivity contribution >= 4 is 34.4 Å². The second-order valence-corrected chi connectivity index (χ2v) is 5.06. The van der Waals surface area contributed by atoms with Crippen LogP contribution in [0.5, 0.6) is 0 Å². The van der Waals surface area contributed by atoms with Gasteiger partial charge in [0.2, 0.25) is 0 Å². The first-order chi connectivity index (χ1) is 10.3. The molecule has 0 bridgehead atoms. The van der Waals surface area contributed by atoms with Crippen LogP contribution >= 0.6 is 11.6 Å². The number of halogens is 1. The largest absolute Gasteiger partial charge is 0.378 e. The number of nitrogens with zero attached hydrogens (tertiary/aromatic N) is 4. The van der Waals surface area contributed by atoms with Crippen LogP contribution in [-0.2, 0) is 4.74 Å². The highest BCUT2D eigenvalue weighted by Crippen LogP contribution is 2.47. The molecule has 2 rings (SSSR count). The normalized spacial score (nSPS) is 14.8. The maximum Gasteiger partial charge on any atom is 0.324 e. The third kappa shape index (κ3) is 2.89. The van der Waals surface area contributed by atoms with Crippen molar-refractivity contribution in [2.24, 2.45) is 5.84 Å². The maximum atomic E-state index is 11.5. The summed E-state index contributed by atoms with van der Waals surface area (Å²) in [6.45, 7) is 1.20. The molecule has 0 atom stereocenters. The first kappa shape index (κ1) is 16.2. The number of rotatable bonds is 4. The summed E-state index contributed by atoms with van der Waals surface area (Å²) < 4.78 is 5.18. The van der Waals surface area contributed by atoms with Crippen LogP contribution < -0.4 is 15.8 Å². The fourth-order valence-corrected chi connectivity index (χ4v) is 2.57. The average Bonchev–Trinajstić information content (AvgIpc) is 2.46. The first-order valence-corrected chi connectivity index (χ1v) is 6.68. The lowest BCUT2D eigenvalue weighted by Gasteiger charge is -2.29. The van der Waals surface area contributed by atoms with Crippen molar-refractivity contribution in [1.29, 1.82) is 0 Å². The summed E-state index contributed by atoms with van der Waals surface area (Å²) in [4.78, 5) is 22.9. The summed E-state index contributed by atoms with van der Waals surface area (Å²) in [7, 11) is 1.40. The van der Waals surface area contributed by atoms with Crippen molar-refractivity contribution in [3.8, 4) is 0 Å². The standard InChI is InChI=1S/C11H14ClN5O5/c1-14(13)8-6-7(12)9(16(18)19)11(10(8)17(20)21)15-2-4-22-5-3-15/h6H,2-5,13H2,1H3. The number of hydrazine groups is 1. The topological polar surface area (TPSA) is 128 Å². The van der Waals surface area contributed by atoms with Gasteiger partial charge in [-0.25, -0.2) is 5.84 Å². The Morgan fingerprint density at radius 2 is 1.82 bits per heavy atom. The highest BCUT2D eigenvalue weighted by molar-refractivity contribution is 6.34. The number of ether oxygens (including phenoxy) is 1. The third-order valence-corrected chi connectivity index (χ3v) is 3.54. The molecular weight excluding hydrogens is 318 g/mol. The number of nitro groups is 2. The van der Waals surface area contributed by atoms with E-state index < -0.39 is 21.2 Å². The zero-order chi connectivity index (χ0) is 16.4. The minimum absolute atomic E-state index is 0.00194. The second kappa shape index (κ2) is 6.30. The van der Waals surface area contributed by atoms with Gasteiger partial charge in [-0.15, -0.1) is 0 Å². The number of morpholine rings is 1. The van der Waals surface area contributed by atoms with E-state index in [1.54, 1.807) is 0 Å². The number of nitrogens with two attached hydrogens (primary N) is 1. The fourth-order valence-electron chi connectivity index (χ4n) is 2.31. The molecule has 1 aromatic rings. The van der Waals surface area contributed by atoms with E-state index >= 15 is 0 Å². The molecule has 10 nitrogen and oxygen atoms in total. The van der Waals surface area contributed by atoms with Gasteiger partial charge in [0.15, 0.2) is 5.69 Å². The average molecular weight is 332 g/mol. The molecule has 0 amide bonds. The van der Waals surface area contributed by atoms with Gasteiger partial charge in [-0.05, 0) is 6.07 Å². The van der Waals surface area contributed by atoms with Crippen molar-refractivity contribution in [3.05, 3.63) is 31.3 Å². The number of anilines is 2. The van der Waals surface area contributed by atoms with E-state index in [0.29, 0.717) is 13.2 Å². The molecule has 120 valence electrons. The Morgan fingerprint density at radius 1 is 1.27 bits per heavy atom. The van der Waals surface area contributed by atoms with Gasteiger partial charge in [0.1, 0.15) is 10.7 Å². The second-order valence-electron chi connectivity index (χ2n) is 4.65. The zero-order valence-electron chi connectivity index (χ0n) is 11.7. The van der Waals surface area contributed by atoms with Crippen molar-refractivity contribution < 1.29 is 14.6 Å². The van der Waals surface area contributed by atoms with Gasteiger partial charge in [0, 0.05) is 20.1 Å². The minimum atomic E-state index is -0.722. The Hall–Kier alpha value is -2.17. The predicted octanol–water partition coefficient (Wildman–Crippen LogP) is 1.30. The third-order valence-electron chi connectivity index (χ3n) is 3.25. The Balaban J connectivity index is 2.78. The molecule has 22 heavy (non-hydrogen) atoms. The van der Waals surface area contributed by atoms with Crippen molar-refractivity contribution in [3.63, 3.8) is 0 Å². The van der Waals surface area contributed by atoms with E-state index in [4.69, 9.17) is 22.2 Å². The quantitative estimate of drug-likeness (QED) is 0.496. The number of benzene rings is 1. The summed E-state index contributed by atoms with van der Waals surface area (Å²) >= 11 is 5.97. The summed E-state index contributed by atoms with van der Waals surface area (Å²) in [5.41, 5.74) is -1.08. The van der Waals surface area contributed by atoms with Crippen LogP contribution in [0, 0.1) is 20.2 Å². The molecule has 0 aromatic heterocycles. The molecule has 0 aliphatic carbocycles. The lowest BCUT2D eigenvalue weighted by molar-refractivity contribution is -0.392.